The van der Waals surface area contributed by atoms with Gasteiger partial charge in [-0.1, -0.05) is 236 Å². The number of hydrogen-bond acceptors (Lipinski definition) is 4. The summed E-state index contributed by atoms with van der Waals surface area (Å²) in [6.07, 6.45) is 21.4. The van der Waals surface area contributed by atoms with Gasteiger partial charge >= 0.3 is 0 Å². The molecule has 0 radical (unpaired) electrons. The molecule has 5 rings (SSSR count). The Bertz CT molecular complexity index is 1880. The molecule has 400 valence electrons. The number of benzene rings is 4. The maximum atomic E-state index is 7.26. The first-order valence-electron chi connectivity index (χ1n) is 29.2. The second-order valence-electron chi connectivity index (χ2n) is 25.8. The Labute approximate surface area is 442 Å². The molecule has 4 aromatic rings. The summed E-state index contributed by atoms with van der Waals surface area (Å²) in [5, 5.41) is 0. The highest BCUT2D eigenvalue weighted by molar-refractivity contribution is 5.60. The van der Waals surface area contributed by atoms with Crippen LogP contribution in [0.1, 0.15) is 280 Å². The summed E-state index contributed by atoms with van der Waals surface area (Å²) in [6.45, 7) is 40.3. The van der Waals surface area contributed by atoms with Gasteiger partial charge in [-0.05, 0) is 114 Å². The lowest BCUT2D eigenvalue weighted by molar-refractivity contribution is 0.293. The highest BCUT2D eigenvalue weighted by Gasteiger charge is 2.29. The fourth-order valence-electron chi connectivity index (χ4n) is 10.2. The van der Waals surface area contributed by atoms with Crippen LogP contribution < -0.4 is 18.9 Å². The summed E-state index contributed by atoms with van der Waals surface area (Å²) >= 11 is 0. The molecule has 4 aromatic carbocycles. The Kier molecular flexibility index (Phi) is 22.1. The maximum Gasteiger partial charge on any atom is 0.126 e. The van der Waals surface area contributed by atoms with Crippen molar-refractivity contribution >= 4 is 0 Å². The molecular formula is C68H104O4. The topological polar surface area (TPSA) is 36.9 Å². The molecule has 0 fully saturated rings. The van der Waals surface area contributed by atoms with Gasteiger partial charge in [0.15, 0.2) is 0 Å². The summed E-state index contributed by atoms with van der Waals surface area (Å²) < 4.78 is 29.0. The van der Waals surface area contributed by atoms with Crippen molar-refractivity contribution in [2.75, 3.05) is 26.4 Å². The molecular weight excluding hydrogens is 881 g/mol. The van der Waals surface area contributed by atoms with E-state index >= 15 is 0 Å². The largest absolute Gasteiger partial charge is 0.493 e. The van der Waals surface area contributed by atoms with Crippen LogP contribution in [0.15, 0.2) is 48.5 Å². The average Bonchev–Trinajstić information content (AvgIpc) is 3.29. The number of fused-ring (bicyclic) bond motifs is 8. The number of rotatable bonds is 24. The molecule has 0 aliphatic heterocycles. The second-order valence-corrected chi connectivity index (χ2v) is 25.8. The van der Waals surface area contributed by atoms with E-state index < -0.39 is 0 Å². The van der Waals surface area contributed by atoms with E-state index in [1.807, 2.05) is 0 Å². The van der Waals surface area contributed by atoms with Crippen LogP contribution in [-0.2, 0) is 47.3 Å². The molecule has 8 bridgehead atoms. The number of hydrogen-bond donors (Lipinski definition) is 0. The predicted molar refractivity (Wildman–Crippen MR) is 310 cm³/mol. The van der Waals surface area contributed by atoms with Gasteiger partial charge in [0, 0.05) is 25.7 Å². The third kappa shape index (κ3) is 17.1. The quantitative estimate of drug-likeness (QED) is 0.0577. The minimum absolute atomic E-state index is 0.0848. The van der Waals surface area contributed by atoms with E-state index in [-0.39, 0.29) is 21.7 Å². The standard InChI is InChI=1S/C68H104O4/c1-17-21-25-29-33-69-61-49-37-51-43-58(66(8,9)10)45-53(62(51)70-34-30-26-22-18-2)39-55-47-60(68(14,15)16)48-56(64(55)72-36-32-28-24-20-4)40-54-46-59(67(11,12)13)44-52(63(54)71-35-31-27-23-19-3)38-50(61)42-57(41-49)65(5,6)7/h41-48H,17-40H2,1-16H3. The third-order valence-corrected chi connectivity index (χ3v) is 14.9. The first-order valence-corrected chi connectivity index (χ1v) is 29.2. The Balaban J connectivity index is 1.96. The highest BCUT2D eigenvalue weighted by atomic mass is 16.5. The Morgan fingerprint density at radius 3 is 0.569 bits per heavy atom. The minimum Gasteiger partial charge on any atom is -0.493 e. The molecule has 4 nitrogen and oxygen atoms in total. The van der Waals surface area contributed by atoms with Gasteiger partial charge in [0.25, 0.3) is 0 Å². The Morgan fingerprint density at radius 2 is 0.431 bits per heavy atom. The zero-order valence-corrected chi connectivity index (χ0v) is 49.2. The van der Waals surface area contributed by atoms with Crippen molar-refractivity contribution in [3.8, 4) is 23.0 Å². The van der Waals surface area contributed by atoms with E-state index in [1.54, 1.807) is 0 Å². The molecule has 0 amide bonds. The zero-order valence-electron chi connectivity index (χ0n) is 49.2. The lowest BCUT2D eigenvalue weighted by Crippen LogP contribution is -2.18. The van der Waals surface area contributed by atoms with Crippen LogP contribution in [0, 0.1) is 0 Å². The molecule has 1 aliphatic carbocycles. The molecule has 0 heterocycles. The van der Waals surface area contributed by atoms with Gasteiger partial charge in [0.1, 0.15) is 23.0 Å². The lowest BCUT2D eigenvalue weighted by Gasteiger charge is -2.29. The fraction of sp³-hybridized carbons (Fsp3) is 0.647. The third-order valence-electron chi connectivity index (χ3n) is 14.9. The van der Waals surface area contributed by atoms with E-state index in [1.165, 1.54) is 144 Å². The summed E-state index contributed by atoms with van der Waals surface area (Å²) in [7, 11) is 0. The smallest absolute Gasteiger partial charge is 0.126 e. The first kappa shape index (κ1) is 59.0. The van der Waals surface area contributed by atoms with Gasteiger partial charge in [-0.2, -0.15) is 0 Å². The molecule has 0 unspecified atom stereocenters. The van der Waals surface area contributed by atoms with E-state index in [4.69, 9.17) is 18.9 Å². The molecule has 4 heteroatoms. The molecule has 72 heavy (non-hydrogen) atoms. The molecule has 0 aromatic heterocycles. The second kappa shape index (κ2) is 27.0. The van der Waals surface area contributed by atoms with Crippen molar-refractivity contribution in [2.45, 2.75) is 261 Å². The molecule has 0 saturated heterocycles. The monoisotopic (exact) mass is 985 g/mol. The predicted octanol–water partition coefficient (Wildman–Crippen LogP) is 19.4. The molecule has 0 saturated carbocycles. The van der Waals surface area contributed by atoms with Crippen molar-refractivity contribution in [1.29, 1.82) is 0 Å². The van der Waals surface area contributed by atoms with E-state index in [2.05, 4.69) is 159 Å². The van der Waals surface area contributed by atoms with Crippen LogP contribution in [0.25, 0.3) is 0 Å². The maximum absolute atomic E-state index is 7.26. The average molecular weight is 986 g/mol. The van der Waals surface area contributed by atoms with Crippen LogP contribution in [0.2, 0.25) is 0 Å². The van der Waals surface area contributed by atoms with Crippen molar-refractivity contribution in [2.24, 2.45) is 0 Å². The zero-order chi connectivity index (χ0) is 52.7. The summed E-state index contributed by atoms with van der Waals surface area (Å²) in [6, 6.07) is 19.8. The van der Waals surface area contributed by atoms with Gasteiger partial charge in [-0.3, -0.25) is 0 Å². The van der Waals surface area contributed by atoms with Gasteiger partial charge < -0.3 is 18.9 Å². The van der Waals surface area contributed by atoms with E-state index in [0.29, 0.717) is 52.1 Å². The molecule has 1 aliphatic rings. The van der Waals surface area contributed by atoms with Gasteiger partial charge in [0.2, 0.25) is 0 Å². The van der Waals surface area contributed by atoms with Crippen LogP contribution in [0.5, 0.6) is 23.0 Å². The summed E-state index contributed by atoms with van der Waals surface area (Å²) in [4.78, 5) is 0. The SMILES string of the molecule is CCCCCCOc1c2cc(C(C)(C)C)cc1Cc1cc(C(C)(C)C)cc(c1OCCCCCC)Cc1cc(C(C)(C)C)cc(c1OCCCCCC)Cc1cc(C(C)(C)C)cc(c1OCCCCCC)C2. The van der Waals surface area contributed by atoms with Crippen LogP contribution >= 0.6 is 0 Å². The number of ether oxygens (including phenoxy) is 4. The molecule has 0 N–H and O–H groups in total. The van der Waals surface area contributed by atoms with E-state index in [0.717, 1.165) is 48.7 Å². The first-order chi connectivity index (χ1) is 34.1. The normalized spacial score (nSPS) is 13.3. The van der Waals surface area contributed by atoms with E-state index in [9.17, 15) is 0 Å². The summed E-state index contributed by atoms with van der Waals surface area (Å²) in [5.41, 5.74) is 15.0. The van der Waals surface area contributed by atoms with Crippen LogP contribution in [-0.4, -0.2) is 26.4 Å². The Hall–Kier alpha value is -3.92. The van der Waals surface area contributed by atoms with Crippen LogP contribution in [0.3, 0.4) is 0 Å². The number of unbranched alkanes of at least 4 members (excludes halogenated alkanes) is 12. The molecule has 0 spiro atoms. The lowest BCUT2D eigenvalue weighted by atomic mass is 9.79. The van der Waals surface area contributed by atoms with Gasteiger partial charge in [-0.15, -0.1) is 0 Å². The Morgan fingerprint density at radius 1 is 0.264 bits per heavy atom. The fourth-order valence-corrected chi connectivity index (χ4v) is 10.2. The summed E-state index contributed by atoms with van der Waals surface area (Å²) in [5.74, 6) is 4.16. The van der Waals surface area contributed by atoms with Crippen LogP contribution in [0.4, 0.5) is 0 Å². The van der Waals surface area contributed by atoms with Crippen molar-refractivity contribution < 1.29 is 18.9 Å². The van der Waals surface area contributed by atoms with Gasteiger partial charge in [-0.25, -0.2) is 0 Å². The highest BCUT2D eigenvalue weighted by Crippen LogP contribution is 2.45. The van der Waals surface area contributed by atoms with Gasteiger partial charge in [0.05, 0.1) is 26.4 Å². The van der Waals surface area contributed by atoms with Crippen molar-refractivity contribution in [3.63, 3.8) is 0 Å². The minimum atomic E-state index is -0.0848. The van der Waals surface area contributed by atoms with Crippen molar-refractivity contribution in [3.05, 3.63) is 115 Å². The van der Waals surface area contributed by atoms with Crippen molar-refractivity contribution in [1.82, 2.24) is 0 Å². The molecule has 0 atom stereocenters.